The van der Waals surface area contributed by atoms with Crippen molar-refractivity contribution in [2.24, 2.45) is 0 Å². The summed E-state index contributed by atoms with van der Waals surface area (Å²) in [6.45, 7) is 5.75. The molecule has 0 aromatic heterocycles. The molecule has 0 N–H and O–H groups in total. The Morgan fingerprint density at radius 3 is 2.07 bits per heavy atom. The van der Waals surface area contributed by atoms with E-state index in [9.17, 15) is 0 Å². The normalized spacial score (nSPS) is 12.4. The minimum absolute atomic E-state index is 0.588. The van der Waals surface area contributed by atoms with Crippen LogP contribution in [0.2, 0.25) is 0 Å². The third kappa shape index (κ3) is 4.92. The smallest absolute Gasteiger partial charge is 0.274 e. The van der Waals surface area contributed by atoms with Crippen molar-refractivity contribution in [1.29, 1.82) is 0 Å². The lowest BCUT2D eigenvalue weighted by atomic mass is 10.5. The molecule has 0 atom stereocenters. The largest absolute Gasteiger partial charge is 0.318 e. The third-order valence-corrected chi connectivity index (χ3v) is 7.75. The second kappa shape index (κ2) is 8.50. The van der Waals surface area contributed by atoms with Gasteiger partial charge in [-0.15, -0.1) is 0 Å². The van der Waals surface area contributed by atoms with Gasteiger partial charge in [0.05, 0.1) is 13.2 Å². The molecule has 0 saturated carbocycles. The lowest BCUT2D eigenvalue weighted by molar-refractivity contribution is 0.243. The van der Waals surface area contributed by atoms with E-state index in [-0.39, 0.29) is 0 Å². The zero-order chi connectivity index (χ0) is 11.0. The predicted octanol–water partition coefficient (Wildman–Crippen LogP) is 3.95. The van der Waals surface area contributed by atoms with Crippen LogP contribution in [-0.2, 0) is 20.9 Å². The highest BCUT2D eigenvalue weighted by molar-refractivity contribution is 9.50. The van der Waals surface area contributed by atoms with Crippen molar-refractivity contribution in [3.05, 3.63) is 0 Å². The summed E-state index contributed by atoms with van der Waals surface area (Å²) in [6, 6.07) is 0. The molecule has 0 bridgehead atoms. The maximum atomic E-state index is 5.55. The Labute approximate surface area is 103 Å². The summed E-state index contributed by atoms with van der Waals surface area (Å²) in [5, 5.41) is 0. The summed E-state index contributed by atoms with van der Waals surface area (Å²) in [6.07, 6.45) is 1.02. The van der Waals surface area contributed by atoms with Crippen molar-refractivity contribution in [3.63, 3.8) is 0 Å². The fourth-order valence-corrected chi connectivity index (χ4v) is 7.06. The standard InChI is InChI=1S/C7H17BrNO2PS2/c1-4-7-9(14-8)12(13,10-5-2)11-6-3/h4-7H2,1-3H3. The van der Waals surface area contributed by atoms with Gasteiger partial charge in [0.2, 0.25) is 0 Å². The minimum atomic E-state index is -2.26. The van der Waals surface area contributed by atoms with E-state index in [1.54, 1.807) is 0 Å². The molecule has 0 unspecified atom stereocenters. The third-order valence-electron chi connectivity index (χ3n) is 1.35. The molecule has 0 aliphatic carbocycles. The molecule has 7 heteroatoms. The summed E-state index contributed by atoms with van der Waals surface area (Å²) < 4.78 is 13.1. The SMILES string of the molecule is CCCN(SBr)P(=S)(OCC)OCC. The first kappa shape index (κ1) is 15.4. The van der Waals surface area contributed by atoms with Crippen molar-refractivity contribution in [2.75, 3.05) is 19.8 Å². The van der Waals surface area contributed by atoms with Crippen LogP contribution in [0.25, 0.3) is 0 Å². The van der Waals surface area contributed by atoms with E-state index in [1.165, 1.54) is 10.4 Å². The van der Waals surface area contributed by atoms with Gasteiger partial charge >= 0.3 is 0 Å². The highest BCUT2D eigenvalue weighted by Crippen LogP contribution is 2.56. The molecule has 0 aliphatic rings. The van der Waals surface area contributed by atoms with Gasteiger partial charge in [-0.25, -0.2) is 0 Å². The lowest BCUT2D eigenvalue weighted by Gasteiger charge is -2.29. The van der Waals surface area contributed by atoms with E-state index in [2.05, 4.69) is 21.7 Å². The number of hydrogen-bond donors (Lipinski definition) is 0. The van der Waals surface area contributed by atoms with Crippen LogP contribution in [0, 0.1) is 0 Å². The molecule has 0 spiro atoms. The van der Waals surface area contributed by atoms with Crippen molar-refractivity contribution >= 4 is 43.6 Å². The molecule has 0 rings (SSSR count). The van der Waals surface area contributed by atoms with E-state index in [1.807, 2.05) is 17.9 Å². The van der Waals surface area contributed by atoms with Crippen LogP contribution in [-0.4, -0.2) is 23.8 Å². The molecular weight excluding hydrogens is 305 g/mol. The van der Waals surface area contributed by atoms with E-state index in [0.29, 0.717) is 13.2 Å². The van der Waals surface area contributed by atoms with Gasteiger partial charge in [-0.2, -0.15) is 4.08 Å². The summed E-state index contributed by atoms with van der Waals surface area (Å²) >= 11 is 8.76. The zero-order valence-electron chi connectivity index (χ0n) is 8.73. The molecule has 0 heterocycles. The zero-order valence-corrected chi connectivity index (χ0v) is 12.8. The first-order valence-corrected chi connectivity index (χ1v) is 9.81. The Morgan fingerprint density at radius 1 is 1.29 bits per heavy atom. The minimum Gasteiger partial charge on any atom is -0.318 e. The van der Waals surface area contributed by atoms with E-state index in [4.69, 9.17) is 20.9 Å². The molecule has 3 nitrogen and oxygen atoms in total. The molecule has 14 heavy (non-hydrogen) atoms. The van der Waals surface area contributed by atoms with Crippen LogP contribution in [0.1, 0.15) is 27.2 Å². The Balaban J connectivity index is 4.48. The van der Waals surface area contributed by atoms with Crippen LogP contribution >= 0.6 is 31.8 Å². The van der Waals surface area contributed by atoms with Gasteiger partial charge in [0, 0.05) is 31.7 Å². The van der Waals surface area contributed by atoms with Crippen LogP contribution < -0.4 is 0 Å². The van der Waals surface area contributed by atoms with Crippen molar-refractivity contribution in [3.8, 4) is 0 Å². The maximum absolute atomic E-state index is 5.55. The molecule has 0 amide bonds. The fourth-order valence-electron chi connectivity index (χ4n) is 0.878. The molecule has 0 radical (unpaired) electrons. The van der Waals surface area contributed by atoms with Crippen molar-refractivity contribution < 1.29 is 9.05 Å². The summed E-state index contributed by atoms with van der Waals surface area (Å²) in [4.78, 5) is 0. The van der Waals surface area contributed by atoms with Crippen LogP contribution in [0.15, 0.2) is 0 Å². The summed E-state index contributed by atoms with van der Waals surface area (Å²) in [5.74, 6) is 0. The van der Waals surface area contributed by atoms with Gasteiger partial charge in [-0.1, -0.05) is 6.92 Å². The van der Waals surface area contributed by atoms with Gasteiger partial charge < -0.3 is 9.05 Å². The average Bonchev–Trinajstić information content (AvgIpc) is 2.14. The van der Waals surface area contributed by atoms with E-state index in [0.717, 1.165) is 13.0 Å². The molecular formula is C7H17BrNO2PS2. The lowest BCUT2D eigenvalue weighted by Crippen LogP contribution is -2.15. The molecule has 0 saturated heterocycles. The number of rotatable bonds is 8. The quantitative estimate of drug-likeness (QED) is 0.497. The first-order chi connectivity index (χ1) is 6.64. The van der Waals surface area contributed by atoms with Gasteiger partial charge in [0.25, 0.3) is 6.64 Å². The Kier molecular flexibility index (Phi) is 9.33. The van der Waals surface area contributed by atoms with Gasteiger partial charge in [0.1, 0.15) is 0 Å². The van der Waals surface area contributed by atoms with E-state index >= 15 is 0 Å². The van der Waals surface area contributed by atoms with E-state index < -0.39 is 6.64 Å². The summed E-state index contributed by atoms with van der Waals surface area (Å²) in [5.41, 5.74) is 0. The molecule has 0 aromatic carbocycles. The molecule has 0 aromatic rings. The molecule has 0 aliphatic heterocycles. The van der Waals surface area contributed by atoms with Crippen molar-refractivity contribution in [1.82, 2.24) is 4.08 Å². The predicted molar refractivity (Wildman–Crippen MR) is 71.1 cm³/mol. The molecule has 86 valence electrons. The number of hydrogen-bond acceptors (Lipinski definition) is 4. The van der Waals surface area contributed by atoms with Crippen LogP contribution in [0.5, 0.6) is 0 Å². The Hall–Kier alpha value is 1.36. The summed E-state index contributed by atoms with van der Waals surface area (Å²) in [7, 11) is 1.42. The van der Waals surface area contributed by atoms with Gasteiger partial charge in [-0.05, 0) is 32.1 Å². The van der Waals surface area contributed by atoms with Crippen molar-refractivity contribution in [2.45, 2.75) is 27.2 Å². The van der Waals surface area contributed by atoms with Gasteiger partial charge in [0.15, 0.2) is 0 Å². The topological polar surface area (TPSA) is 21.7 Å². The average molecular weight is 322 g/mol. The Morgan fingerprint density at radius 2 is 1.79 bits per heavy atom. The highest BCUT2D eigenvalue weighted by Gasteiger charge is 2.27. The first-order valence-electron chi connectivity index (χ1n) is 4.60. The fraction of sp³-hybridized carbons (Fsp3) is 1.00. The van der Waals surface area contributed by atoms with Crippen LogP contribution in [0.3, 0.4) is 0 Å². The monoisotopic (exact) mass is 321 g/mol. The Bertz CT molecular complexity index is 187. The second-order valence-electron chi connectivity index (χ2n) is 2.45. The number of halogens is 1. The number of nitrogens with zero attached hydrogens (tertiary/aromatic N) is 1. The molecule has 0 fully saturated rings. The van der Waals surface area contributed by atoms with Gasteiger partial charge in [-0.3, -0.25) is 0 Å². The van der Waals surface area contributed by atoms with Crippen LogP contribution in [0.4, 0.5) is 0 Å². The second-order valence-corrected chi connectivity index (χ2v) is 7.49. The highest BCUT2D eigenvalue weighted by atomic mass is 79.9. The maximum Gasteiger partial charge on any atom is 0.274 e.